The molecule has 2 aromatic rings. The Bertz CT molecular complexity index is 829. The first-order valence-electron chi connectivity index (χ1n) is 9.15. The smallest absolute Gasteiger partial charge is 0.337 e. The topological polar surface area (TPSA) is 55.8 Å². The summed E-state index contributed by atoms with van der Waals surface area (Å²) in [6, 6.07) is 13.1. The van der Waals surface area contributed by atoms with Crippen LogP contribution >= 0.6 is 0 Å². The van der Waals surface area contributed by atoms with Crippen molar-refractivity contribution in [3.05, 3.63) is 59.2 Å². The molecule has 27 heavy (non-hydrogen) atoms. The van der Waals surface area contributed by atoms with Crippen LogP contribution in [0.15, 0.2) is 42.5 Å². The van der Waals surface area contributed by atoms with Crippen LogP contribution in [0.25, 0.3) is 11.1 Å². The van der Waals surface area contributed by atoms with Crippen molar-refractivity contribution in [3.63, 3.8) is 0 Å². The molecule has 0 aliphatic carbocycles. The summed E-state index contributed by atoms with van der Waals surface area (Å²) in [6.45, 7) is 3.37. The van der Waals surface area contributed by atoms with Gasteiger partial charge < -0.3 is 14.4 Å². The van der Waals surface area contributed by atoms with E-state index in [1.807, 2.05) is 48.2 Å². The van der Waals surface area contributed by atoms with Crippen LogP contribution < -0.4 is 0 Å². The highest BCUT2D eigenvalue weighted by Gasteiger charge is 2.24. The minimum atomic E-state index is -0.346. The van der Waals surface area contributed by atoms with Gasteiger partial charge in [-0.15, -0.1) is 0 Å². The maximum absolute atomic E-state index is 12.7. The number of ether oxygens (including phenoxy) is 2. The van der Waals surface area contributed by atoms with Crippen LogP contribution in [0.5, 0.6) is 0 Å². The summed E-state index contributed by atoms with van der Waals surface area (Å²) in [5, 5.41) is 0. The highest BCUT2D eigenvalue weighted by Crippen LogP contribution is 2.25. The van der Waals surface area contributed by atoms with E-state index < -0.39 is 0 Å². The monoisotopic (exact) mass is 367 g/mol. The maximum Gasteiger partial charge on any atom is 0.337 e. The first-order chi connectivity index (χ1) is 13.0. The van der Waals surface area contributed by atoms with Crippen LogP contribution in [0.2, 0.25) is 0 Å². The zero-order valence-electron chi connectivity index (χ0n) is 16.0. The Morgan fingerprint density at radius 1 is 1.04 bits per heavy atom. The number of carbonyl (C=O) groups excluding carboxylic acids is 2. The molecule has 1 saturated heterocycles. The summed E-state index contributed by atoms with van der Waals surface area (Å²) in [6.07, 6.45) is 2.09. The van der Waals surface area contributed by atoms with Gasteiger partial charge in [-0.3, -0.25) is 4.79 Å². The van der Waals surface area contributed by atoms with Crippen LogP contribution in [0.1, 0.15) is 39.1 Å². The van der Waals surface area contributed by atoms with Crippen LogP contribution in [0.4, 0.5) is 0 Å². The summed E-state index contributed by atoms with van der Waals surface area (Å²) in [7, 11) is 3.07. The Morgan fingerprint density at radius 3 is 2.37 bits per heavy atom. The van der Waals surface area contributed by atoms with Crippen molar-refractivity contribution in [2.75, 3.05) is 27.3 Å². The van der Waals surface area contributed by atoms with Gasteiger partial charge in [0, 0.05) is 25.8 Å². The van der Waals surface area contributed by atoms with Crippen molar-refractivity contribution in [2.24, 2.45) is 0 Å². The number of amides is 1. The lowest BCUT2D eigenvalue weighted by atomic mass is 9.97. The molecule has 0 saturated carbocycles. The SMILES string of the molecule is COC(=O)c1ccc(-c2ccc(C(=O)N3CCC[C@H](OC)C3)cc2)c(C)c1. The lowest BCUT2D eigenvalue weighted by Crippen LogP contribution is -2.42. The molecular formula is C22H25NO4. The predicted molar refractivity (Wildman–Crippen MR) is 104 cm³/mol. The summed E-state index contributed by atoms with van der Waals surface area (Å²) in [4.78, 5) is 26.3. The van der Waals surface area contributed by atoms with Crippen molar-refractivity contribution < 1.29 is 19.1 Å². The van der Waals surface area contributed by atoms with Gasteiger partial charge in [-0.2, -0.15) is 0 Å². The van der Waals surface area contributed by atoms with Crippen molar-refractivity contribution in [3.8, 4) is 11.1 Å². The number of esters is 1. The molecule has 1 fully saturated rings. The molecular weight excluding hydrogens is 342 g/mol. The molecule has 5 heteroatoms. The van der Waals surface area contributed by atoms with E-state index in [4.69, 9.17) is 9.47 Å². The van der Waals surface area contributed by atoms with Crippen molar-refractivity contribution >= 4 is 11.9 Å². The highest BCUT2D eigenvalue weighted by atomic mass is 16.5. The van der Waals surface area contributed by atoms with Crippen LogP contribution in [0.3, 0.4) is 0 Å². The molecule has 1 heterocycles. The lowest BCUT2D eigenvalue weighted by molar-refractivity contribution is 0.0269. The van der Waals surface area contributed by atoms with Gasteiger partial charge in [0.2, 0.25) is 0 Å². The first-order valence-corrected chi connectivity index (χ1v) is 9.15. The number of rotatable bonds is 4. The fourth-order valence-electron chi connectivity index (χ4n) is 3.52. The molecule has 1 amide bonds. The zero-order chi connectivity index (χ0) is 19.4. The van der Waals surface area contributed by atoms with Gasteiger partial charge in [0.25, 0.3) is 5.91 Å². The zero-order valence-corrected chi connectivity index (χ0v) is 16.0. The Kier molecular flexibility index (Phi) is 5.91. The van der Waals surface area contributed by atoms with Gasteiger partial charge in [0.1, 0.15) is 0 Å². The number of aryl methyl sites for hydroxylation is 1. The van der Waals surface area contributed by atoms with Gasteiger partial charge >= 0.3 is 5.97 Å². The van der Waals surface area contributed by atoms with Gasteiger partial charge in [-0.25, -0.2) is 4.79 Å². The maximum atomic E-state index is 12.7. The van der Waals surface area contributed by atoms with Crippen molar-refractivity contribution in [2.45, 2.75) is 25.9 Å². The van der Waals surface area contributed by atoms with Gasteiger partial charge in [-0.05, 0) is 60.7 Å². The van der Waals surface area contributed by atoms with E-state index in [0.29, 0.717) is 17.7 Å². The van der Waals surface area contributed by atoms with E-state index in [-0.39, 0.29) is 18.0 Å². The number of carbonyl (C=O) groups is 2. The minimum Gasteiger partial charge on any atom is -0.465 e. The van der Waals surface area contributed by atoms with Gasteiger partial charge in [0.15, 0.2) is 0 Å². The fraction of sp³-hybridized carbons (Fsp3) is 0.364. The molecule has 0 spiro atoms. The molecule has 0 N–H and O–H groups in total. The van der Waals surface area contributed by atoms with Crippen molar-refractivity contribution in [1.29, 1.82) is 0 Å². The Morgan fingerprint density at radius 2 is 1.74 bits per heavy atom. The Labute approximate surface area is 159 Å². The number of nitrogens with zero attached hydrogens (tertiary/aromatic N) is 1. The Hall–Kier alpha value is -2.66. The number of piperidine rings is 1. The second kappa shape index (κ2) is 8.35. The molecule has 0 unspecified atom stereocenters. The van der Waals surface area contributed by atoms with Crippen LogP contribution in [-0.2, 0) is 9.47 Å². The Balaban J connectivity index is 1.77. The summed E-state index contributed by atoms with van der Waals surface area (Å²) >= 11 is 0. The van der Waals surface area contributed by atoms with Gasteiger partial charge in [-0.1, -0.05) is 18.2 Å². The molecule has 5 nitrogen and oxygen atoms in total. The molecule has 0 bridgehead atoms. The average Bonchev–Trinajstić information content (AvgIpc) is 2.72. The standard InChI is InChI=1S/C22H25NO4/c1-15-13-18(22(25)27-3)10-11-20(15)16-6-8-17(9-7-16)21(24)23-12-4-5-19(14-23)26-2/h6-11,13,19H,4-5,12,14H2,1-3H3/t19-/m0/s1. The molecule has 142 valence electrons. The van der Waals surface area contributed by atoms with Crippen LogP contribution in [0, 0.1) is 6.92 Å². The van der Waals surface area contributed by atoms with E-state index in [2.05, 4.69) is 0 Å². The normalized spacial score (nSPS) is 16.9. The molecule has 0 aromatic heterocycles. The summed E-state index contributed by atoms with van der Waals surface area (Å²) < 4.78 is 10.2. The number of likely N-dealkylation sites (tertiary alicyclic amines) is 1. The predicted octanol–water partition coefficient (Wildman–Crippen LogP) is 3.70. The van der Waals surface area contributed by atoms with Gasteiger partial charge in [0.05, 0.1) is 18.8 Å². The third-order valence-corrected chi connectivity index (χ3v) is 5.09. The van der Waals surface area contributed by atoms with E-state index in [0.717, 1.165) is 36.1 Å². The second-order valence-corrected chi connectivity index (χ2v) is 6.85. The minimum absolute atomic E-state index is 0.0426. The lowest BCUT2D eigenvalue weighted by Gasteiger charge is -2.32. The molecule has 3 rings (SSSR count). The quantitative estimate of drug-likeness (QED) is 0.773. The fourth-order valence-corrected chi connectivity index (χ4v) is 3.52. The number of hydrogen-bond donors (Lipinski definition) is 0. The molecule has 1 aliphatic rings. The molecule has 1 aliphatic heterocycles. The number of benzene rings is 2. The third kappa shape index (κ3) is 4.19. The summed E-state index contributed by atoms with van der Waals surface area (Å²) in [5.74, 6) is -0.303. The highest BCUT2D eigenvalue weighted by molar-refractivity contribution is 5.95. The largest absolute Gasteiger partial charge is 0.465 e. The average molecular weight is 367 g/mol. The van der Waals surface area contributed by atoms with E-state index in [9.17, 15) is 9.59 Å². The number of methoxy groups -OCH3 is 2. The van der Waals surface area contributed by atoms with E-state index >= 15 is 0 Å². The summed E-state index contributed by atoms with van der Waals surface area (Å²) in [5.41, 5.74) is 4.23. The van der Waals surface area contributed by atoms with E-state index in [1.54, 1.807) is 13.2 Å². The van der Waals surface area contributed by atoms with E-state index in [1.165, 1.54) is 7.11 Å². The first kappa shape index (κ1) is 19.1. The third-order valence-electron chi connectivity index (χ3n) is 5.09. The molecule has 1 atom stereocenters. The second-order valence-electron chi connectivity index (χ2n) is 6.85. The molecule has 2 aromatic carbocycles. The number of hydrogen-bond acceptors (Lipinski definition) is 4. The van der Waals surface area contributed by atoms with Crippen molar-refractivity contribution in [1.82, 2.24) is 4.90 Å². The van der Waals surface area contributed by atoms with Crippen LogP contribution in [-0.4, -0.2) is 50.2 Å². The molecule has 0 radical (unpaired) electrons.